The number of nitriles is 1. The van der Waals surface area contributed by atoms with Gasteiger partial charge in [0.05, 0.1) is 11.5 Å². The van der Waals surface area contributed by atoms with E-state index in [0.29, 0.717) is 5.92 Å². The zero-order valence-electron chi connectivity index (χ0n) is 24.1. The Bertz CT molecular complexity index is 1050. The fourth-order valence-corrected chi connectivity index (χ4v) is 5.87. The number of benzene rings is 2. The van der Waals surface area contributed by atoms with Gasteiger partial charge in [0.2, 0.25) is 0 Å². The lowest BCUT2D eigenvalue weighted by Gasteiger charge is -2.36. The monoisotopic (exact) mass is 529 g/mol. The van der Waals surface area contributed by atoms with Crippen molar-refractivity contribution < 1.29 is 14.3 Å². The second-order valence-electron chi connectivity index (χ2n) is 11.2. The summed E-state index contributed by atoms with van der Waals surface area (Å²) in [7, 11) is 0. The van der Waals surface area contributed by atoms with Gasteiger partial charge >= 0.3 is 5.97 Å². The predicted octanol–water partition coefficient (Wildman–Crippen LogP) is 9.55. The quantitative estimate of drug-likeness (QED) is 0.123. The van der Waals surface area contributed by atoms with E-state index in [0.717, 1.165) is 49.8 Å². The van der Waals surface area contributed by atoms with Crippen LogP contribution in [0.15, 0.2) is 61.2 Å². The van der Waals surface area contributed by atoms with Gasteiger partial charge in [0, 0.05) is 6.08 Å². The Hall–Kier alpha value is -3.06. The van der Waals surface area contributed by atoms with Gasteiger partial charge in [-0.2, -0.15) is 5.26 Å². The third-order valence-electron chi connectivity index (χ3n) is 8.15. The molecule has 2 aromatic rings. The van der Waals surface area contributed by atoms with Gasteiger partial charge in [-0.15, -0.1) is 0 Å². The van der Waals surface area contributed by atoms with Crippen LogP contribution in [-0.2, 0) is 9.53 Å². The first kappa shape index (κ1) is 30.5. The normalized spacial score (nSPS) is 19.6. The molecule has 0 N–H and O–H groups in total. The number of hydrogen-bond donors (Lipinski definition) is 0. The van der Waals surface area contributed by atoms with E-state index in [-0.39, 0.29) is 18.1 Å². The molecule has 1 fully saturated rings. The smallest absolute Gasteiger partial charge is 0.330 e. The van der Waals surface area contributed by atoms with Crippen molar-refractivity contribution in [3.8, 4) is 22.9 Å². The molecule has 4 nitrogen and oxygen atoms in total. The van der Waals surface area contributed by atoms with Crippen LogP contribution in [0.25, 0.3) is 11.1 Å². The first-order valence-electron chi connectivity index (χ1n) is 15.1. The van der Waals surface area contributed by atoms with Gasteiger partial charge in [0.15, 0.2) is 0 Å². The summed E-state index contributed by atoms with van der Waals surface area (Å²) >= 11 is 0. The molecule has 2 aromatic carbocycles. The Morgan fingerprint density at radius 3 is 2.33 bits per heavy atom. The molecule has 4 heteroatoms. The van der Waals surface area contributed by atoms with Crippen molar-refractivity contribution in [2.24, 2.45) is 5.41 Å². The van der Waals surface area contributed by atoms with Crippen LogP contribution in [0.2, 0.25) is 0 Å². The molecule has 3 unspecified atom stereocenters. The Kier molecular flexibility index (Phi) is 12.6. The fourth-order valence-electron chi connectivity index (χ4n) is 5.87. The van der Waals surface area contributed by atoms with Gasteiger partial charge < -0.3 is 9.47 Å². The van der Waals surface area contributed by atoms with E-state index in [4.69, 9.17) is 9.47 Å². The Labute approximate surface area is 236 Å². The highest BCUT2D eigenvalue weighted by molar-refractivity contribution is 5.81. The maximum absolute atomic E-state index is 11.4. The largest absolute Gasteiger partial charge is 0.487 e. The number of rotatable bonds is 16. The minimum atomic E-state index is -0.428. The van der Waals surface area contributed by atoms with Crippen LogP contribution < -0.4 is 4.74 Å². The summed E-state index contributed by atoms with van der Waals surface area (Å²) in [5, 5.41) is 10.1. The van der Waals surface area contributed by atoms with Crippen LogP contribution in [0.5, 0.6) is 5.75 Å². The van der Waals surface area contributed by atoms with Crippen LogP contribution >= 0.6 is 0 Å². The van der Waals surface area contributed by atoms with Crippen LogP contribution in [0.1, 0.15) is 109 Å². The molecule has 1 aliphatic rings. The van der Waals surface area contributed by atoms with Crippen LogP contribution in [-0.4, -0.2) is 18.7 Å². The molecular formula is C35H47NO3. The van der Waals surface area contributed by atoms with Crippen molar-refractivity contribution in [1.29, 1.82) is 5.26 Å². The molecule has 0 spiro atoms. The number of unbranched alkanes of at least 4 members (excludes halogenated alkanes) is 5. The number of nitrogens with zero attached hydrogens (tertiary/aromatic N) is 1. The highest BCUT2D eigenvalue weighted by atomic mass is 16.6. The van der Waals surface area contributed by atoms with Crippen molar-refractivity contribution in [2.45, 2.75) is 109 Å². The third kappa shape index (κ3) is 9.57. The zero-order chi connectivity index (χ0) is 27.9. The number of ether oxygens (including phenoxy) is 2. The van der Waals surface area contributed by atoms with Crippen molar-refractivity contribution in [3.63, 3.8) is 0 Å². The summed E-state index contributed by atoms with van der Waals surface area (Å²) in [6.07, 6.45) is 15.8. The van der Waals surface area contributed by atoms with E-state index in [9.17, 15) is 10.1 Å². The van der Waals surface area contributed by atoms with E-state index >= 15 is 0 Å². The van der Waals surface area contributed by atoms with E-state index in [1.165, 1.54) is 62.1 Å². The Morgan fingerprint density at radius 2 is 1.69 bits per heavy atom. The van der Waals surface area contributed by atoms with Gasteiger partial charge in [-0.25, -0.2) is 4.79 Å². The summed E-state index contributed by atoms with van der Waals surface area (Å²) in [5.41, 5.74) is 3.52. The lowest BCUT2D eigenvalue weighted by molar-refractivity contribution is -0.140. The molecule has 0 bridgehead atoms. The molecule has 1 aliphatic carbocycles. The van der Waals surface area contributed by atoms with Crippen LogP contribution in [0, 0.1) is 16.7 Å². The summed E-state index contributed by atoms with van der Waals surface area (Å²) in [5.74, 6) is 0.806. The number of carbonyl (C=O) groups excluding carboxylic acids is 1. The number of hydrogen-bond acceptors (Lipinski definition) is 4. The molecule has 0 aliphatic heterocycles. The highest BCUT2D eigenvalue weighted by Crippen LogP contribution is 2.47. The third-order valence-corrected chi connectivity index (χ3v) is 8.15. The molecule has 1 saturated carbocycles. The Balaban J connectivity index is 1.57. The molecule has 3 rings (SSSR count). The fraction of sp³-hybridized carbons (Fsp3) is 0.543. The minimum Gasteiger partial charge on any atom is -0.487 e. The minimum absolute atomic E-state index is 0.151. The summed E-state index contributed by atoms with van der Waals surface area (Å²) < 4.78 is 11.3. The summed E-state index contributed by atoms with van der Waals surface area (Å²) in [6.45, 7) is 8.00. The SMILES string of the molecule is C=CC(=O)OCC(CCC)Oc1ccc(-c2ccc(C3CCCC(C#N)(CCCCCCCC)C3)cc2)cc1. The topological polar surface area (TPSA) is 59.3 Å². The van der Waals surface area contributed by atoms with Gasteiger partial charge in [0.1, 0.15) is 18.5 Å². The second-order valence-corrected chi connectivity index (χ2v) is 11.2. The standard InChI is InChI=1S/C35H47NO3/c1-4-7-8-9-10-11-23-35(27-36)24-12-14-31(25-35)30-17-15-28(16-18-30)29-19-21-32(22-20-29)39-33(13-5-2)26-38-34(37)6-3/h6,15-22,31,33H,3-5,7-14,23-26H2,1-2H3. The van der Waals surface area contributed by atoms with Crippen LogP contribution in [0.3, 0.4) is 0 Å². The van der Waals surface area contributed by atoms with E-state index in [2.05, 4.69) is 62.9 Å². The molecule has 3 atom stereocenters. The first-order chi connectivity index (χ1) is 19.0. The molecule has 0 radical (unpaired) electrons. The predicted molar refractivity (Wildman–Crippen MR) is 160 cm³/mol. The van der Waals surface area contributed by atoms with E-state index in [1.807, 2.05) is 12.1 Å². The van der Waals surface area contributed by atoms with Gasteiger partial charge in [-0.1, -0.05) is 108 Å². The van der Waals surface area contributed by atoms with Crippen LogP contribution in [0.4, 0.5) is 0 Å². The molecule has 0 aromatic heterocycles. The van der Waals surface area contributed by atoms with Crippen molar-refractivity contribution in [3.05, 3.63) is 66.7 Å². The van der Waals surface area contributed by atoms with Gasteiger partial charge in [-0.05, 0) is 66.8 Å². The number of esters is 1. The molecule has 0 amide bonds. The second kappa shape index (κ2) is 16.1. The van der Waals surface area contributed by atoms with E-state index in [1.54, 1.807) is 0 Å². The summed E-state index contributed by atoms with van der Waals surface area (Å²) in [6, 6.07) is 19.8. The van der Waals surface area contributed by atoms with Gasteiger partial charge in [-0.3, -0.25) is 0 Å². The highest BCUT2D eigenvalue weighted by Gasteiger charge is 2.36. The Morgan fingerprint density at radius 1 is 1.03 bits per heavy atom. The van der Waals surface area contributed by atoms with Crippen molar-refractivity contribution in [1.82, 2.24) is 0 Å². The summed E-state index contributed by atoms with van der Waals surface area (Å²) in [4.78, 5) is 11.4. The maximum atomic E-state index is 11.4. The first-order valence-corrected chi connectivity index (χ1v) is 15.1. The van der Waals surface area contributed by atoms with E-state index < -0.39 is 5.97 Å². The molecular weight excluding hydrogens is 482 g/mol. The zero-order valence-corrected chi connectivity index (χ0v) is 24.1. The lowest BCUT2D eigenvalue weighted by Crippen LogP contribution is -2.26. The molecule has 210 valence electrons. The molecule has 0 saturated heterocycles. The van der Waals surface area contributed by atoms with Crippen molar-refractivity contribution >= 4 is 5.97 Å². The molecule has 0 heterocycles. The average molecular weight is 530 g/mol. The maximum Gasteiger partial charge on any atom is 0.330 e. The molecule has 39 heavy (non-hydrogen) atoms. The average Bonchev–Trinajstić information content (AvgIpc) is 2.98. The van der Waals surface area contributed by atoms with Gasteiger partial charge in [0.25, 0.3) is 0 Å². The van der Waals surface area contributed by atoms with Crippen molar-refractivity contribution in [2.75, 3.05) is 6.61 Å². The number of carbonyl (C=O) groups is 1. The lowest BCUT2D eigenvalue weighted by atomic mass is 9.66.